The third-order valence-electron chi connectivity index (χ3n) is 3.97. The number of ether oxygens (including phenoxy) is 2. The van der Waals surface area contributed by atoms with Crippen molar-refractivity contribution in [2.45, 2.75) is 6.42 Å². The molecule has 0 radical (unpaired) electrons. The molecule has 28 heavy (non-hydrogen) atoms. The highest BCUT2D eigenvalue weighted by atomic mass is 79.9. The molecule has 3 aromatic rings. The van der Waals surface area contributed by atoms with Gasteiger partial charge in [-0.2, -0.15) is 0 Å². The normalized spacial score (nSPS) is 11.0. The Bertz CT molecular complexity index is 1030. The predicted octanol–water partition coefficient (Wildman–Crippen LogP) is 5.20. The van der Waals surface area contributed by atoms with Gasteiger partial charge in [0.05, 0.1) is 17.6 Å². The second-order valence-electron chi connectivity index (χ2n) is 5.76. The van der Waals surface area contributed by atoms with Gasteiger partial charge in [0, 0.05) is 27.0 Å². The standard InChI is InChI=1S/C19H15BrClFN2O3S/c1-2-26-5-6-27-10-16(25)13-9-17-19(23-24-28-17)18(22)14(13)7-11-3-4-12(20)8-15(11)21/h2-4,8-9H,1,5-7,10H2. The predicted molar refractivity (Wildman–Crippen MR) is 111 cm³/mol. The van der Waals surface area contributed by atoms with E-state index in [4.69, 9.17) is 21.1 Å². The Kier molecular flexibility index (Phi) is 7.12. The van der Waals surface area contributed by atoms with Gasteiger partial charge in [-0.1, -0.05) is 44.7 Å². The second kappa shape index (κ2) is 9.56. The molecule has 0 unspecified atom stereocenters. The monoisotopic (exact) mass is 484 g/mol. The molecule has 146 valence electrons. The van der Waals surface area contributed by atoms with Crippen LogP contribution in [0.2, 0.25) is 5.02 Å². The van der Waals surface area contributed by atoms with Crippen molar-refractivity contribution in [1.82, 2.24) is 9.59 Å². The summed E-state index contributed by atoms with van der Waals surface area (Å²) in [6.45, 7) is 3.73. The van der Waals surface area contributed by atoms with Gasteiger partial charge in [-0.05, 0) is 35.3 Å². The van der Waals surface area contributed by atoms with E-state index in [1.54, 1.807) is 18.2 Å². The molecule has 0 fully saturated rings. The van der Waals surface area contributed by atoms with Gasteiger partial charge >= 0.3 is 0 Å². The van der Waals surface area contributed by atoms with Gasteiger partial charge in [0.1, 0.15) is 18.7 Å². The van der Waals surface area contributed by atoms with Crippen molar-refractivity contribution in [1.29, 1.82) is 0 Å². The summed E-state index contributed by atoms with van der Waals surface area (Å²) >= 11 is 10.7. The lowest BCUT2D eigenvalue weighted by atomic mass is 9.96. The number of Topliss-reactive ketones (excluding diaryl/α,β-unsaturated/α-hetero) is 1. The number of fused-ring (bicyclic) bond motifs is 1. The molecule has 0 amide bonds. The minimum absolute atomic E-state index is 0.144. The Morgan fingerprint density at radius 3 is 2.93 bits per heavy atom. The third kappa shape index (κ3) is 4.75. The number of rotatable bonds is 9. The maximum atomic E-state index is 15.1. The summed E-state index contributed by atoms with van der Waals surface area (Å²) in [7, 11) is 0. The van der Waals surface area contributed by atoms with Gasteiger partial charge in [0.25, 0.3) is 0 Å². The van der Waals surface area contributed by atoms with Gasteiger partial charge < -0.3 is 9.47 Å². The van der Waals surface area contributed by atoms with E-state index in [9.17, 15) is 4.79 Å². The Morgan fingerprint density at radius 2 is 2.18 bits per heavy atom. The fraction of sp³-hybridized carbons (Fsp3) is 0.211. The van der Waals surface area contributed by atoms with Crippen LogP contribution in [0.15, 0.2) is 41.6 Å². The SMILES string of the molecule is C=COCCOCC(=O)c1cc2snnc2c(F)c1Cc1ccc(Br)cc1Cl. The van der Waals surface area contributed by atoms with Crippen molar-refractivity contribution < 1.29 is 18.7 Å². The minimum Gasteiger partial charge on any atom is -0.499 e. The first-order valence-corrected chi connectivity index (χ1v) is 10.2. The van der Waals surface area contributed by atoms with Crippen LogP contribution >= 0.6 is 39.1 Å². The molecular formula is C19H15BrClFN2O3S. The number of benzene rings is 2. The molecule has 0 spiro atoms. The van der Waals surface area contributed by atoms with Crippen LogP contribution in [0.25, 0.3) is 10.2 Å². The van der Waals surface area contributed by atoms with Gasteiger partial charge in [-0.25, -0.2) is 4.39 Å². The van der Waals surface area contributed by atoms with E-state index in [-0.39, 0.29) is 48.7 Å². The number of hydrogen-bond acceptors (Lipinski definition) is 6. The molecule has 0 aliphatic carbocycles. The van der Waals surface area contributed by atoms with Crippen LogP contribution in [0.4, 0.5) is 4.39 Å². The average Bonchev–Trinajstić information content (AvgIpc) is 3.14. The van der Waals surface area contributed by atoms with E-state index in [1.807, 2.05) is 6.07 Å². The molecule has 0 N–H and O–H groups in total. The fourth-order valence-electron chi connectivity index (χ4n) is 2.63. The molecule has 9 heteroatoms. The summed E-state index contributed by atoms with van der Waals surface area (Å²) < 4.78 is 30.5. The van der Waals surface area contributed by atoms with E-state index in [0.717, 1.165) is 16.0 Å². The van der Waals surface area contributed by atoms with E-state index in [0.29, 0.717) is 15.3 Å². The number of aromatic nitrogens is 2. The topological polar surface area (TPSA) is 61.3 Å². The van der Waals surface area contributed by atoms with Crippen LogP contribution in [0.5, 0.6) is 0 Å². The van der Waals surface area contributed by atoms with E-state index >= 15 is 4.39 Å². The van der Waals surface area contributed by atoms with E-state index in [1.165, 1.54) is 6.26 Å². The van der Waals surface area contributed by atoms with Crippen LogP contribution in [-0.2, 0) is 15.9 Å². The largest absolute Gasteiger partial charge is 0.499 e. The van der Waals surface area contributed by atoms with Crippen molar-refractivity contribution in [3.63, 3.8) is 0 Å². The van der Waals surface area contributed by atoms with Crippen LogP contribution < -0.4 is 0 Å². The molecule has 5 nitrogen and oxygen atoms in total. The number of carbonyl (C=O) groups excluding carboxylic acids is 1. The van der Waals surface area contributed by atoms with Gasteiger partial charge in [-0.3, -0.25) is 4.79 Å². The summed E-state index contributed by atoms with van der Waals surface area (Å²) in [5.74, 6) is -0.903. The van der Waals surface area contributed by atoms with Crippen molar-refractivity contribution in [2.75, 3.05) is 19.8 Å². The summed E-state index contributed by atoms with van der Waals surface area (Å²) in [5.41, 5.74) is 1.30. The Balaban J connectivity index is 1.92. The summed E-state index contributed by atoms with van der Waals surface area (Å²) in [5, 5.41) is 4.31. The fourth-order valence-corrected chi connectivity index (χ4v) is 3.97. The summed E-state index contributed by atoms with van der Waals surface area (Å²) in [6, 6.07) is 6.93. The van der Waals surface area contributed by atoms with Crippen LogP contribution in [0.3, 0.4) is 0 Å². The van der Waals surface area contributed by atoms with Crippen LogP contribution in [-0.4, -0.2) is 35.2 Å². The van der Waals surface area contributed by atoms with Crippen molar-refractivity contribution in [3.05, 3.63) is 69.1 Å². The zero-order chi connectivity index (χ0) is 20.1. The molecule has 2 aromatic carbocycles. The molecule has 1 aromatic heterocycles. The Morgan fingerprint density at radius 1 is 1.36 bits per heavy atom. The zero-order valence-corrected chi connectivity index (χ0v) is 17.7. The van der Waals surface area contributed by atoms with Gasteiger partial charge in [0.15, 0.2) is 11.6 Å². The van der Waals surface area contributed by atoms with E-state index in [2.05, 4.69) is 32.1 Å². The molecule has 0 atom stereocenters. The van der Waals surface area contributed by atoms with Crippen molar-refractivity contribution >= 4 is 55.1 Å². The molecule has 0 saturated carbocycles. The number of nitrogens with zero attached hydrogens (tertiary/aromatic N) is 2. The van der Waals surface area contributed by atoms with Crippen LogP contribution in [0.1, 0.15) is 21.5 Å². The molecule has 0 aliphatic rings. The average molecular weight is 486 g/mol. The summed E-state index contributed by atoms with van der Waals surface area (Å²) in [6.07, 6.45) is 1.44. The lowest BCUT2D eigenvalue weighted by molar-refractivity contribution is 0.0638. The maximum Gasteiger partial charge on any atom is 0.188 e. The highest BCUT2D eigenvalue weighted by molar-refractivity contribution is 9.10. The second-order valence-corrected chi connectivity index (χ2v) is 7.87. The first-order chi connectivity index (χ1) is 13.5. The van der Waals surface area contributed by atoms with E-state index < -0.39 is 5.82 Å². The Labute approximate surface area is 178 Å². The lowest BCUT2D eigenvalue weighted by Crippen LogP contribution is -2.15. The van der Waals surface area contributed by atoms with Gasteiger partial charge in [-0.15, -0.1) is 5.10 Å². The highest BCUT2D eigenvalue weighted by Crippen LogP contribution is 2.30. The van der Waals surface area contributed by atoms with Crippen molar-refractivity contribution in [3.8, 4) is 0 Å². The van der Waals surface area contributed by atoms with Crippen molar-refractivity contribution in [2.24, 2.45) is 0 Å². The zero-order valence-electron chi connectivity index (χ0n) is 14.6. The molecular weight excluding hydrogens is 471 g/mol. The molecule has 0 aliphatic heterocycles. The number of carbonyl (C=O) groups is 1. The lowest BCUT2D eigenvalue weighted by Gasteiger charge is -2.12. The summed E-state index contributed by atoms with van der Waals surface area (Å²) in [4.78, 5) is 12.7. The maximum absolute atomic E-state index is 15.1. The number of hydrogen-bond donors (Lipinski definition) is 0. The first kappa shape index (κ1) is 20.9. The highest BCUT2D eigenvalue weighted by Gasteiger charge is 2.22. The smallest absolute Gasteiger partial charge is 0.188 e. The van der Waals surface area contributed by atoms with Gasteiger partial charge in [0.2, 0.25) is 0 Å². The number of halogens is 3. The quantitative estimate of drug-likeness (QED) is 0.237. The van der Waals surface area contributed by atoms with Crippen LogP contribution in [0, 0.1) is 5.82 Å². The number of ketones is 1. The molecule has 3 rings (SSSR count). The Hall–Kier alpha value is -1.87. The molecule has 0 saturated heterocycles. The third-order valence-corrected chi connectivity index (χ3v) is 5.48. The molecule has 0 bridgehead atoms. The minimum atomic E-state index is -0.566. The molecule has 1 heterocycles. The first-order valence-electron chi connectivity index (χ1n) is 8.22.